The van der Waals surface area contributed by atoms with E-state index in [0.29, 0.717) is 17.6 Å². The van der Waals surface area contributed by atoms with Crippen LogP contribution in [-0.2, 0) is 0 Å². The molecule has 4 unspecified atom stereocenters. The van der Waals surface area contributed by atoms with Crippen LogP contribution in [0.25, 0.3) is 0 Å². The highest BCUT2D eigenvalue weighted by Gasteiger charge is 2.61. The summed E-state index contributed by atoms with van der Waals surface area (Å²) < 4.78 is -0.674. The van der Waals surface area contributed by atoms with Gasteiger partial charge in [-0.1, -0.05) is 37.4 Å². The van der Waals surface area contributed by atoms with E-state index in [1.54, 1.807) is 0 Å². The predicted molar refractivity (Wildman–Crippen MR) is 93.8 cm³/mol. The molecule has 2 fully saturated rings. The Morgan fingerprint density at radius 1 is 1.25 bits per heavy atom. The van der Waals surface area contributed by atoms with Gasteiger partial charge in [-0.05, 0) is 36.5 Å². The van der Waals surface area contributed by atoms with Crippen LogP contribution < -0.4 is 0 Å². The molecule has 2 saturated carbocycles. The van der Waals surface area contributed by atoms with E-state index in [4.69, 9.17) is 46.4 Å². The lowest BCUT2D eigenvalue weighted by atomic mass is 9.69. The lowest BCUT2D eigenvalue weighted by Crippen LogP contribution is -2.46. The van der Waals surface area contributed by atoms with E-state index in [1.165, 1.54) is 31.0 Å². The van der Waals surface area contributed by atoms with Gasteiger partial charge in [-0.25, -0.2) is 0 Å². The summed E-state index contributed by atoms with van der Waals surface area (Å²) in [5.41, 5.74) is 0.0806. The second-order valence-corrected chi connectivity index (χ2v) is 11.0. The van der Waals surface area contributed by atoms with E-state index in [1.807, 2.05) is 0 Å². The first-order valence-electron chi connectivity index (χ1n) is 6.63. The van der Waals surface area contributed by atoms with Crippen LogP contribution in [0, 0.1) is 17.3 Å². The van der Waals surface area contributed by atoms with Gasteiger partial charge in [0.05, 0.1) is 4.87 Å². The van der Waals surface area contributed by atoms with Crippen LogP contribution in [-0.4, -0.2) is 24.6 Å². The van der Waals surface area contributed by atoms with E-state index in [0.717, 1.165) is 11.8 Å². The monoisotopic (exact) mass is 394 g/mol. The van der Waals surface area contributed by atoms with Crippen molar-refractivity contribution in [3.05, 3.63) is 0 Å². The van der Waals surface area contributed by atoms with Crippen LogP contribution in [0.5, 0.6) is 0 Å². The van der Waals surface area contributed by atoms with Gasteiger partial charge in [0.15, 0.2) is 0 Å². The first-order valence-corrected chi connectivity index (χ1v) is 10.2. The normalized spacial score (nSPS) is 36.5. The molecule has 2 aliphatic carbocycles. The van der Waals surface area contributed by atoms with Gasteiger partial charge in [-0.15, -0.1) is 46.4 Å². The van der Waals surface area contributed by atoms with E-state index < -0.39 is 9.55 Å². The average Bonchev–Trinajstić information content (AvgIpc) is 2.90. The molecule has 2 rings (SSSR count). The summed E-state index contributed by atoms with van der Waals surface area (Å²) in [5.74, 6) is 1.84. The molecule has 0 heterocycles. The van der Waals surface area contributed by atoms with Gasteiger partial charge >= 0.3 is 0 Å². The molecule has 7 heteroatoms. The molecule has 4 atom stereocenters. The highest BCUT2D eigenvalue weighted by atomic mass is 35.5. The summed E-state index contributed by atoms with van der Waals surface area (Å²) in [4.78, 5) is 10.9. The van der Waals surface area contributed by atoms with Crippen molar-refractivity contribution < 1.29 is 4.79 Å². The average molecular weight is 396 g/mol. The van der Waals surface area contributed by atoms with Crippen LogP contribution in [0.4, 0.5) is 4.79 Å². The Balaban J connectivity index is 1.92. The number of carbonyl (C=O) groups is 1. The van der Waals surface area contributed by atoms with Crippen molar-refractivity contribution in [2.75, 3.05) is 5.75 Å². The third kappa shape index (κ3) is 3.23. The summed E-state index contributed by atoms with van der Waals surface area (Å²) >= 11 is 26.4. The molecule has 1 nitrogen and oxygen atoms in total. The molecule has 0 saturated heterocycles. The van der Waals surface area contributed by atoms with Gasteiger partial charge in [-0.3, -0.25) is 4.79 Å². The first kappa shape index (κ1) is 17.9. The van der Waals surface area contributed by atoms with Gasteiger partial charge < -0.3 is 0 Å². The summed E-state index contributed by atoms with van der Waals surface area (Å²) in [5, 5.41) is 0. The molecule has 0 aliphatic heterocycles. The third-order valence-electron chi connectivity index (χ3n) is 4.98. The van der Waals surface area contributed by atoms with E-state index >= 15 is 0 Å². The largest absolute Gasteiger partial charge is 0.274 e. The number of hydrogen-bond acceptors (Lipinski definition) is 3. The third-order valence-corrected chi connectivity index (χ3v) is 9.81. The minimum Gasteiger partial charge on any atom is -0.274 e. The van der Waals surface area contributed by atoms with Gasteiger partial charge in [0.2, 0.25) is 4.45 Å². The molecule has 0 radical (unpaired) electrons. The van der Waals surface area contributed by atoms with Crippen molar-refractivity contribution in [1.29, 1.82) is 0 Å². The molecule has 20 heavy (non-hydrogen) atoms. The number of thioether (sulfide) groups is 2. The Kier molecular flexibility index (Phi) is 5.87. The molecule has 0 N–H and O–H groups in total. The minimum atomic E-state index is -0.755. The topological polar surface area (TPSA) is 17.1 Å². The maximum absolute atomic E-state index is 11.9. The number of hydrogen-bond donors (Lipinski definition) is 0. The van der Waals surface area contributed by atoms with Crippen molar-refractivity contribution in [3.63, 3.8) is 0 Å². The minimum absolute atomic E-state index is 0.0603. The summed E-state index contributed by atoms with van der Waals surface area (Å²) in [6.45, 7) is 4.47. The molecular formula is C13H18Cl4OS2. The second-order valence-electron chi connectivity index (χ2n) is 6.13. The second kappa shape index (κ2) is 6.57. The van der Waals surface area contributed by atoms with Gasteiger partial charge in [0, 0.05) is 5.75 Å². The van der Waals surface area contributed by atoms with Gasteiger partial charge in [0.1, 0.15) is 9.55 Å². The molecule has 2 aliphatic rings. The van der Waals surface area contributed by atoms with Crippen molar-refractivity contribution in [2.45, 2.75) is 47.5 Å². The molecule has 0 spiro atoms. The fourth-order valence-electron chi connectivity index (χ4n) is 3.56. The number of carbonyl (C=O) groups excluding carboxylic acids is 1. The highest BCUT2D eigenvalue weighted by Crippen LogP contribution is 2.65. The maximum atomic E-state index is 11.9. The summed E-state index contributed by atoms with van der Waals surface area (Å²) in [6, 6.07) is 0. The van der Waals surface area contributed by atoms with E-state index in [9.17, 15) is 4.79 Å². The smallest absolute Gasteiger partial charge is 0.247 e. The zero-order chi connectivity index (χ0) is 15.1. The maximum Gasteiger partial charge on any atom is 0.247 e. The fraction of sp³-hybridized carbons (Fsp3) is 0.923. The Morgan fingerprint density at radius 2 is 1.85 bits per heavy atom. The summed E-state index contributed by atoms with van der Waals surface area (Å²) in [6.07, 6.45) is 3.65. The summed E-state index contributed by atoms with van der Waals surface area (Å²) in [7, 11) is 0. The predicted octanol–water partition coefficient (Wildman–Crippen LogP) is 6.38. The van der Waals surface area contributed by atoms with E-state index in [-0.39, 0.29) is 14.7 Å². The molecule has 2 bridgehead atoms. The van der Waals surface area contributed by atoms with Crippen LogP contribution in [0.2, 0.25) is 0 Å². The number of rotatable bonds is 4. The van der Waals surface area contributed by atoms with Crippen LogP contribution in [0.3, 0.4) is 0 Å². The van der Waals surface area contributed by atoms with Crippen LogP contribution in [0.15, 0.2) is 0 Å². The number of halogens is 4. The van der Waals surface area contributed by atoms with Crippen molar-refractivity contribution in [1.82, 2.24) is 0 Å². The standard InChI is InChI=1S/C13H18Cl4OS2/c1-12(2)7-3-4-8(5-7)13(12,17)6-19-11(18)20-10(16)9(14)15/h7-10H,3-6H2,1-2H3. The van der Waals surface area contributed by atoms with Crippen molar-refractivity contribution >= 4 is 74.4 Å². The van der Waals surface area contributed by atoms with Crippen LogP contribution in [0.1, 0.15) is 33.1 Å². The Bertz CT molecular complexity index is 391. The molecule has 0 aromatic rings. The van der Waals surface area contributed by atoms with Crippen LogP contribution >= 0.6 is 69.9 Å². The van der Waals surface area contributed by atoms with Crippen molar-refractivity contribution in [3.8, 4) is 0 Å². The number of alkyl halides is 4. The first-order chi connectivity index (χ1) is 9.18. The SMILES string of the molecule is CC1(C)C2CCC(C2)C1(Cl)CSC(=O)SC(Cl)C(Cl)Cl. The Hall–Kier alpha value is 1.53. The fourth-order valence-corrected chi connectivity index (χ4v) is 6.77. The molecule has 116 valence electrons. The molecular weight excluding hydrogens is 378 g/mol. The van der Waals surface area contributed by atoms with Gasteiger partial charge in [0.25, 0.3) is 0 Å². The molecule has 0 aromatic carbocycles. The zero-order valence-electron chi connectivity index (χ0n) is 11.4. The lowest BCUT2D eigenvalue weighted by Gasteiger charge is -2.45. The Labute approximate surface area is 149 Å². The quantitative estimate of drug-likeness (QED) is 0.514. The highest BCUT2D eigenvalue weighted by molar-refractivity contribution is 8.39. The zero-order valence-corrected chi connectivity index (χ0v) is 16.0. The van der Waals surface area contributed by atoms with E-state index in [2.05, 4.69) is 13.8 Å². The Morgan fingerprint density at radius 3 is 2.35 bits per heavy atom. The number of fused-ring (bicyclic) bond motifs is 2. The molecule has 0 aromatic heterocycles. The lowest BCUT2D eigenvalue weighted by molar-refractivity contribution is 0.164. The van der Waals surface area contributed by atoms with Crippen molar-refractivity contribution in [2.24, 2.45) is 17.3 Å². The molecule has 0 amide bonds. The van der Waals surface area contributed by atoms with Gasteiger partial charge in [-0.2, -0.15) is 0 Å².